The second-order valence-corrected chi connectivity index (χ2v) is 3.76. The molecule has 2 heteroatoms. The first-order valence-corrected chi connectivity index (χ1v) is 5.41. The van der Waals surface area contributed by atoms with Crippen molar-refractivity contribution in [2.24, 2.45) is 0 Å². The number of hydrogen-bond acceptors (Lipinski definition) is 2. The fourth-order valence-electron chi connectivity index (χ4n) is 1.67. The van der Waals surface area contributed by atoms with Crippen LogP contribution in [-0.2, 0) is 4.79 Å². The monoisotopic (exact) mass is 214 g/mol. The molecule has 82 valence electrons. The molecule has 0 aliphatic heterocycles. The van der Waals surface area contributed by atoms with E-state index in [0.717, 1.165) is 16.3 Å². The molecule has 0 unspecified atom stereocenters. The summed E-state index contributed by atoms with van der Waals surface area (Å²) >= 11 is 0. The number of benzene rings is 2. The Kier molecular flexibility index (Phi) is 2.91. The molecule has 0 fully saturated rings. The van der Waals surface area contributed by atoms with Crippen molar-refractivity contribution in [3.63, 3.8) is 0 Å². The zero-order valence-electron chi connectivity index (χ0n) is 9.49. The minimum Gasteiger partial charge on any atom is -0.426 e. The molecular formula is C14H14O2. The average molecular weight is 214 g/mol. The van der Waals surface area contributed by atoms with Crippen LogP contribution in [0.4, 0.5) is 0 Å². The van der Waals surface area contributed by atoms with Crippen molar-refractivity contribution >= 4 is 16.7 Å². The number of carbonyl (C=O) groups is 1. The van der Waals surface area contributed by atoms with E-state index in [1.54, 1.807) is 6.92 Å². The summed E-state index contributed by atoms with van der Waals surface area (Å²) in [5, 5.41) is 2.08. The number of aryl methyl sites for hydroxylation is 1. The number of fused-ring (bicyclic) bond motifs is 1. The Morgan fingerprint density at radius 1 is 1.19 bits per heavy atom. The molecule has 0 saturated carbocycles. The summed E-state index contributed by atoms with van der Waals surface area (Å²) in [6, 6.07) is 11.9. The maximum atomic E-state index is 11.4. The van der Waals surface area contributed by atoms with Gasteiger partial charge in [0.1, 0.15) is 5.75 Å². The standard InChI is InChI=1S/C14H14O2/c1-3-13(15)16-14-10(2)8-9-11-6-4-5-7-12(11)14/h4-9H,3H2,1-2H3. The minimum atomic E-state index is -0.195. The highest BCUT2D eigenvalue weighted by atomic mass is 16.5. The van der Waals surface area contributed by atoms with Crippen LogP contribution in [0.25, 0.3) is 10.8 Å². The summed E-state index contributed by atoms with van der Waals surface area (Å²) in [4.78, 5) is 11.4. The van der Waals surface area contributed by atoms with E-state index in [2.05, 4.69) is 0 Å². The Balaban J connectivity index is 2.57. The summed E-state index contributed by atoms with van der Waals surface area (Å²) in [6.07, 6.45) is 0.392. The Labute approximate surface area is 94.8 Å². The Morgan fingerprint density at radius 3 is 2.69 bits per heavy atom. The zero-order chi connectivity index (χ0) is 11.5. The number of carbonyl (C=O) groups excluding carboxylic acids is 1. The lowest BCUT2D eigenvalue weighted by atomic mass is 10.1. The van der Waals surface area contributed by atoms with E-state index in [1.165, 1.54) is 0 Å². The lowest BCUT2D eigenvalue weighted by Crippen LogP contribution is -2.06. The molecule has 0 aliphatic carbocycles. The molecule has 0 N–H and O–H groups in total. The molecule has 0 radical (unpaired) electrons. The molecule has 0 saturated heterocycles. The van der Waals surface area contributed by atoms with Gasteiger partial charge in [-0.25, -0.2) is 0 Å². The van der Waals surface area contributed by atoms with Crippen molar-refractivity contribution in [3.8, 4) is 5.75 Å². The number of ether oxygens (including phenoxy) is 1. The number of rotatable bonds is 2. The molecule has 0 heterocycles. The molecule has 0 amide bonds. The van der Waals surface area contributed by atoms with Gasteiger partial charge in [-0.05, 0) is 17.9 Å². The third kappa shape index (κ3) is 1.91. The Morgan fingerprint density at radius 2 is 1.94 bits per heavy atom. The van der Waals surface area contributed by atoms with E-state index >= 15 is 0 Å². The van der Waals surface area contributed by atoms with Gasteiger partial charge in [0.05, 0.1) is 0 Å². The van der Waals surface area contributed by atoms with Crippen LogP contribution in [0.1, 0.15) is 18.9 Å². The highest BCUT2D eigenvalue weighted by Crippen LogP contribution is 2.29. The van der Waals surface area contributed by atoms with Crippen LogP contribution in [0.3, 0.4) is 0 Å². The van der Waals surface area contributed by atoms with Gasteiger partial charge >= 0.3 is 5.97 Å². The largest absolute Gasteiger partial charge is 0.426 e. The SMILES string of the molecule is CCC(=O)Oc1c(C)ccc2ccccc12. The van der Waals surface area contributed by atoms with Gasteiger partial charge in [-0.15, -0.1) is 0 Å². The van der Waals surface area contributed by atoms with E-state index < -0.39 is 0 Å². The zero-order valence-corrected chi connectivity index (χ0v) is 9.49. The highest BCUT2D eigenvalue weighted by molar-refractivity contribution is 5.91. The van der Waals surface area contributed by atoms with Gasteiger partial charge in [0.25, 0.3) is 0 Å². The molecule has 0 aromatic heterocycles. The summed E-state index contributed by atoms with van der Waals surface area (Å²) in [6.45, 7) is 3.74. The van der Waals surface area contributed by atoms with Crippen molar-refractivity contribution in [2.45, 2.75) is 20.3 Å². The maximum Gasteiger partial charge on any atom is 0.310 e. The van der Waals surface area contributed by atoms with Gasteiger partial charge in [0.2, 0.25) is 0 Å². The van der Waals surface area contributed by atoms with Crippen LogP contribution >= 0.6 is 0 Å². The summed E-state index contributed by atoms with van der Waals surface area (Å²) < 4.78 is 5.37. The predicted molar refractivity (Wildman–Crippen MR) is 64.6 cm³/mol. The second kappa shape index (κ2) is 4.35. The van der Waals surface area contributed by atoms with Crippen LogP contribution < -0.4 is 4.74 Å². The first-order valence-electron chi connectivity index (χ1n) is 5.41. The van der Waals surface area contributed by atoms with Gasteiger partial charge in [-0.3, -0.25) is 4.79 Å². The van der Waals surface area contributed by atoms with E-state index in [9.17, 15) is 4.79 Å². The average Bonchev–Trinajstić information content (AvgIpc) is 2.32. The Bertz CT molecular complexity index is 529. The fourth-order valence-corrected chi connectivity index (χ4v) is 1.67. The predicted octanol–water partition coefficient (Wildman–Crippen LogP) is 3.46. The van der Waals surface area contributed by atoms with E-state index in [4.69, 9.17) is 4.74 Å². The van der Waals surface area contributed by atoms with Crippen LogP contribution in [0, 0.1) is 6.92 Å². The molecule has 2 rings (SSSR count). The van der Waals surface area contributed by atoms with Gasteiger partial charge in [0.15, 0.2) is 0 Å². The summed E-state index contributed by atoms with van der Waals surface area (Å²) in [7, 11) is 0. The third-order valence-corrected chi connectivity index (χ3v) is 2.58. The fraction of sp³-hybridized carbons (Fsp3) is 0.214. The van der Waals surface area contributed by atoms with E-state index in [1.807, 2.05) is 43.3 Å². The molecule has 0 bridgehead atoms. The van der Waals surface area contributed by atoms with Gasteiger partial charge in [-0.2, -0.15) is 0 Å². The van der Waals surface area contributed by atoms with E-state index in [-0.39, 0.29) is 5.97 Å². The van der Waals surface area contributed by atoms with Gasteiger partial charge < -0.3 is 4.74 Å². The molecule has 0 spiro atoms. The van der Waals surface area contributed by atoms with E-state index in [0.29, 0.717) is 12.2 Å². The van der Waals surface area contributed by atoms with Gasteiger partial charge in [-0.1, -0.05) is 43.3 Å². The lowest BCUT2D eigenvalue weighted by Gasteiger charge is -2.09. The van der Waals surface area contributed by atoms with Crippen LogP contribution in [0.5, 0.6) is 5.75 Å². The van der Waals surface area contributed by atoms with Crippen LogP contribution in [0.15, 0.2) is 36.4 Å². The molecule has 0 aliphatic rings. The number of hydrogen-bond donors (Lipinski definition) is 0. The normalized spacial score (nSPS) is 10.4. The maximum absolute atomic E-state index is 11.4. The van der Waals surface area contributed by atoms with Crippen molar-refractivity contribution in [1.82, 2.24) is 0 Å². The third-order valence-electron chi connectivity index (χ3n) is 2.58. The molecule has 16 heavy (non-hydrogen) atoms. The number of esters is 1. The summed E-state index contributed by atoms with van der Waals surface area (Å²) in [5.74, 6) is 0.490. The van der Waals surface area contributed by atoms with Crippen LogP contribution in [0.2, 0.25) is 0 Å². The minimum absolute atomic E-state index is 0.195. The van der Waals surface area contributed by atoms with Crippen molar-refractivity contribution in [2.75, 3.05) is 0 Å². The van der Waals surface area contributed by atoms with Crippen molar-refractivity contribution in [3.05, 3.63) is 42.0 Å². The molecule has 2 aromatic carbocycles. The lowest BCUT2D eigenvalue weighted by molar-refractivity contribution is -0.133. The molecule has 0 atom stereocenters. The topological polar surface area (TPSA) is 26.3 Å². The Hall–Kier alpha value is -1.83. The van der Waals surface area contributed by atoms with Crippen molar-refractivity contribution in [1.29, 1.82) is 0 Å². The van der Waals surface area contributed by atoms with Crippen LogP contribution in [-0.4, -0.2) is 5.97 Å². The highest BCUT2D eigenvalue weighted by Gasteiger charge is 2.09. The van der Waals surface area contributed by atoms with Gasteiger partial charge in [0, 0.05) is 11.8 Å². The van der Waals surface area contributed by atoms with Crippen molar-refractivity contribution < 1.29 is 9.53 Å². The second-order valence-electron chi connectivity index (χ2n) is 3.76. The summed E-state index contributed by atoms with van der Waals surface area (Å²) in [5.41, 5.74) is 0.987. The quantitative estimate of drug-likeness (QED) is 0.565. The molecule has 2 aromatic rings. The molecular weight excluding hydrogens is 200 g/mol. The smallest absolute Gasteiger partial charge is 0.310 e. The first-order chi connectivity index (χ1) is 7.72. The molecule has 2 nitrogen and oxygen atoms in total. The first kappa shape index (κ1) is 10.7.